The third kappa shape index (κ3) is 3.07. The molecule has 1 aromatic rings. The highest BCUT2D eigenvalue weighted by Gasteiger charge is 2.26. The van der Waals surface area contributed by atoms with Crippen molar-refractivity contribution in [3.8, 4) is 0 Å². The number of likely N-dealkylation sites (N-methyl/N-ethyl adjacent to an activating group) is 1. The smallest absolute Gasteiger partial charge is 0.244 e. The third-order valence-corrected chi connectivity index (χ3v) is 5.67. The van der Waals surface area contributed by atoms with E-state index in [9.17, 15) is 8.42 Å². The Labute approximate surface area is 111 Å². The minimum atomic E-state index is -3.50. The van der Waals surface area contributed by atoms with Gasteiger partial charge in [-0.3, -0.25) is 0 Å². The molecule has 96 valence electrons. The van der Waals surface area contributed by atoms with E-state index in [-0.39, 0.29) is 10.9 Å². The van der Waals surface area contributed by atoms with Crippen LogP contribution in [0.15, 0.2) is 27.6 Å². The minimum absolute atomic E-state index is 0.229. The largest absolute Gasteiger partial charge is 0.329 e. The van der Waals surface area contributed by atoms with Gasteiger partial charge in [-0.05, 0) is 47.5 Å². The number of hydrogen-bond donors (Lipinski definition) is 1. The summed E-state index contributed by atoms with van der Waals surface area (Å²) in [5.41, 5.74) is 6.40. The van der Waals surface area contributed by atoms with Crippen molar-refractivity contribution in [2.24, 2.45) is 5.73 Å². The summed E-state index contributed by atoms with van der Waals surface area (Å²) in [6, 6.07) is 5.02. The quantitative estimate of drug-likeness (QED) is 0.918. The van der Waals surface area contributed by atoms with Crippen molar-refractivity contribution < 1.29 is 8.42 Å². The zero-order valence-electron chi connectivity index (χ0n) is 10.1. The molecule has 0 fully saturated rings. The van der Waals surface area contributed by atoms with Crippen molar-refractivity contribution in [2.45, 2.75) is 24.8 Å². The molecule has 0 bridgehead atoms. The van der Waals surface area contributed by atoms with Crippen LogP contribution in [0.25, 0.3) is 0 Å². The second-order valence-electron chi connectivity index (χ2n) is 4.04. The molecule has 0 aliphatic carbocycles. The molecule has 1 atom stereocenters. The normalized spacial score (nSPS) is 14.0. The molecule has 0 aliphatic heterocycles. The summed E-state index contributed by atoms with van der Waals surface area (Å²) in [7, 11) is -1.95. The molecule has 1 unspecified atom stereocenters. The van der Waals surface area contributed by atoms with Crippen LogP contribution in [0, 0.1) is 6.92 Å². The number of halogens is 1. The summed E-state index contributed by atoms with van der Waals surface area (Å²) in [5, 5.41) is 0. The fraction of sp³-hybridized carbons (Fsp3) is 0.455. The molecule has 1 rings (SSSR count). The van der Waals surface area contributed by atoms with Gasteiger partial charge >= 0.3 is 0 Å². The molecular weight excluding hydrogens is 304 g/mol. The molecule has 17 heavy (non-hydrogen) atoms. The Morgan fingerprint density at radius 1 is 1.47 bits per heavy atom. The maximum Gasteiger partial charge on any atom is 0.244 e. The fourth-order valence-corrected chi connectivity index (χ4v) is 3.73. The summed E-state index contributed by atoms with van der Waals surface area (Å²) < 4.78 is 26.6. The molecule has 0 heterocycles. The van der Waals surface area contributed by atoms with Crippen LogP contribution in [0.1, 0.15) is 12.5 Å². The van der Waals surface area contributed by atoms with E-state index in [4.69, 9.17) is 5.73 Å². The Hall–Kier alpha value is -0.430. The molecule has 2 N–H and O–H groups in total. The van der Waals surface area contributed by atoms with Gasteiger partial charge in [0.15, 0.2) is 0 Å². The Kier molecular flexibility index (Phi) is 4.71. The third-order valence-electron chi connectivity index (χ3n) is 2.71. The predicted molar refractivity (Wildman–Crippen MR) is 72.3 cm³/mol. The molecular formula is C11H17BrN2O2S. The maximum absolute atomic E-state index is 12.3. The summed E-state index contributed by atoms with van der Waals surface area (Å²) in [5.74, 6) is 0. The first-order valence-corrected chi connectivity index (χ1v) is 7.48. The standard InChI is InChI=1S/C11H17BrN2O2S/c1-8-4-5-10(12)11(6-8)17(15,16)14(3)9(2)7-13/h4-6,9H,7,13H2,1-3H3. The minimum Gasteiger partial charge on any atom is -0.329 e. The van der Waals surface area contributed by atoms with Gasteiger partial charge in [-0.1, -0.05) is 6.07 Å². The summed E-state index contributed by atoms with van der Waals surface area (Å²) in [6.45, 7) is 3.93. The molecule has 0 amide bonds. The second-order valence-corrected chi connectivity index (χ2v) is 6.86. The van der Waals surface area contributed by atoms with Gasteiger partial charge < -0.3 is 5.73 Å². The van der Waals surface area contributed by atoms with Crippen LogP contribution in [0.3, 0.4) is 0 Å². The zero-order valence-corrected chi connectivity index (χ0v) is 12.5. The molecule has 0 saturated carbocycles. The molecule has 6 heteroatoms. The summed E-state index contributed by atoms with van der Waals surface area (Å²) in [4.78, 5) is 0.278. The van der Waals surface area contributed by atoms with Crippen LogP contribution in [0.4, 0.5) is 0 Å². The topological polar surface area (TPSA) is 63.4 Å². The average Bonchev–Trinajstić information content (AvgIpc) is 2.30. The van der Waals surface area contributed by atoms with Gasteiger partial charge in [-0.15, -0.1) is 0 Å². The van der Waals surface area contributed by atoms with Gasteiger partial charge in [0, 0.05) is 24.1 Å². The van der Waals surface area contributed by atoms with Gasteiger partial charge in [0.1, 0.15) is 0 Å². The van der Waals surface area contributed by atoms with Gasteiger partial charge in [0.05, 0.1) is 4.90 Å². The Morgan fingerprint density at radius 3 is 2.59 bits per heavy atom. The zero-order chi connectivity index (χ0) is 13.2. The number of nitrogens with zero attached hydrogens (tertiary/aromatic N) is 1. The molecule has 0 radical (unpaired) electrons. The van der Waals surface area contributed by atoms with Crippen molar-refractivity contribution in [2.75, 3.05) is 13.6 Å². The van der Waals surface area contributed by atoms with Crippen molar-refractivity contribution in [3.63, 3.8) is 0 Å². The molecule has 0 spiro atoms. The van der Waals surface area contributed by atoms with Crippen molar-refractivity contribution in [1.29, 1.82) is 0 Å². The summed E-state index contributed by atoms with van der Waals surface area (Å²) in [6.07, 6.45) is 0. The van der Waals surface area contributed by atoms with E-state index >= 15 is 0 Å². The Bertz CT molecular complexity index is 502. The number of rotatable bonds is 4. The summed E-state index contributed by atoms with van der Waals surface area (Å²) >= 11 is 3.27. The first-order chi connectivity index (χ1) is 7.80. The number of hydrogen-bond acceptors (Lipinski definition) is 3. The molecule has 4 nitrogen and oxygen atoms in total. The first-order valence-electron chi connectivity index (χ1n) is 5.25. The Balaban J connectivity index is 3.26. The van der Waals surface area contributed by atoms with Gasteiger partial charge in [0.25, 0.3) is 0 Å². The van der Waals surface area contributed by atoms with Crippen LogP contribution in [-0.2, 0) is 10.0 Å². The van der Waals surface area contributed by atoms with Crippen LogP contribution in [0.2, 0.25) is 0 Å². The Morgan fingerprint density at radius 2 is 2.06 bits per heavy atom. The number of sulfonamides is 1. The average molecular weight is 321 g/mol. The number of nitrogens with two attached hydrogens (primary N) is 1. The lowest BCUT2D eigenvalue weighted by Crippen LogP contribution is -2.39. The van der Waals surface area contributed by atoms with E-state index in [0.717, 1.165) is 5.56 Å². The lowest BCUT2D eigenvalue weighted by molar-refractivity contribution is 0.394. The highest BCUT2D eigenvalue weighted by Crippen LogP contribution is 2.26. The van der Waals surface area contributed by atoms with Crippen LogP contribution in [-0.4, -0.2) is 32.4 Å². The van der Waals surface area contributed by atoms with E-state index < -0.39 is 10.0 Å². The highest BCUT2D eigenvalue weighted by atomic mass is 79.9. The van der Waals surface area contributed by atoms with Crippen LogP contribution >= 0.6 is 15.9 Å². The molecule has 0 aliphatic rings. The van der Waals surface area contributed by atoms with Crippen LogP contribution < -0.4 is 5.73 Å². The van der Waals surface area contributed by atoms with E-state index in [1.165, 1.54) is 4.31 Å². The lowest BCUT2D eigenvalue weighted by Gasteiger charge is -2.23. The number of benzene rings is 1. The molecule has 0 saturated heterocycles. The lowest BCUT2D eigenvalue weighted by atomic mass is 10.2. The number of aryl methyl sites for hydroxylation is 1. The monoisotopic (exact) mass is 320 g/mol. The SMILES string of the molecule is Cc1ccc(Br)c(S(=O)(=O)N(C)C(C)CN)c1. The maximum atomic E-state index is 12.3. The highest BCUT2D eigenvalue weighted by molar-refractivity contribution is 9.10. The predicted octanol–water partition coefficient (Wildman–Crippen LogP) is 1.73. The van der Waals surface area contributed by atoms with E-state index in [0.29, 0.717) is 11.0 Å². The van der Waals surface area contributed by atoms with Crippen molar-refractivity contribution >= 4 is 26.0 Å². The fourth-order valence-electron chi connectivity index (χ4n) is 1.35. The van der Waals surface area contributed by atoms with E-state index in [2.05, 4.69) is 15.9 Å². The van der Waals surface area contributed by atoms with E-state index in [1.807, 2.05) is 13.0 Å². The van der Waals surface area contributed by atoms with Crippen LogP contribution in [0.5, 0.6) is 0 Å². The van der Waals surface area contributed by atoms with Crippen molar-refractivity contribution in [3.05, 3.63) is 28.2 Å². The molecule has 1 aromatic carbocycles. The molecule has 0 aromatic heterocycles. The second kappa shape index (κ2) is 5.48. The van der Waals surface area contributed by atoms with Crippen molar-refractivity contribution in [1.82, 2.24) is 4.31 Å². The van der Waals surface area contributed by atoms with Gasteiger partial charge in [-0.25, -0.2) is 8.42 Å². The first kappa shape index (κ1) is 14.6. The van der Waals surface area contributed by atoms with Gasteiger partial charge in [0.2, 0.25) is 10.0 Å². The van der Waals surface area contributed by atoms with Gasteiger partial charge in [-0.2, -0.15) is 4.31 Å². The van der Waals surface area contributed by atoms with E-state index in [1.54, 1.807) is 26.1 Å².